The van der Waals surface area contributed by atoms with E-state index >= 15 is 0 Å². The maximum atomic E-state index is 3.96. The Kier molecular flexibility index (Phi) is 4.36. The van der Waals surface area contributed by atoms with Gasteiger partial charge in [0.1, 0.15) is 0 Å². The van der Waals surface area contributed by atoms with Crippen LogP contribution in [-0.2, 0) is 0 Å². The predicted molar refractivity (Wildman–Crippen MR) is 56.1 cm³/mol. The van der Waals surface area contributed by atoms with E-state index in [0.717, 1.165) is 12.2 Å². The molecule has 1 N–H and O–H groups in total. The summed E-state index contributed by atoms with van der Waals surface area (Å²) in [6.07, 6.45) is 1.19. The number of nitrogens with one attached hydrogen (secondary N) is 1. The molecule has 0 unspecified atom stereocenters. The van der Waals surface area contributed by atoms with Crippen molar-refractivity contribution in [2.75, 3.05) is 6.54 Å². The number of hydrogen-bond acceptors (Lipinski definition) is 1. The van der Waals surface area contributed by atoms with Gasteiger partial charge in [-0.25, -0.2) is 0 Å². The summed E-state index contributed by atoms with van der Waals surface area (Å²) in [6, 6.07) is 0. The monoisotopic (exact) mass is 169 g/mol. The molecule has 12 heavy (non-hydrogen) atoms. The first-order valence-electron chi connectivity index (χ1n) is 4.75. The fourth-order valence-electron chi connectivity index (χ4n) is 0.802. The van der Waals surface area contributed by atoms with Crippen molar-refractivity contribution in [2.45, 2.75) is 41.0 Å². The average Bonchev–Trinajstić information content (AvgIpc) is 1.84. The van der Waals surface area contributed by atoms with E-state index in [1.807, 2.05) is 0 Å². The standard InChI is InChI=1S/C11H23N/c1-9(2)10(3)12-8-7-11(4,5)6/h9,12H,3,7-8H2,1-2,4-6H3. The van der Waals surface area contributed by atoms with E-state index in [4.69, 9.17) is 0 Å². The zero-order valence-electron chi connectivity index (χ0n) is 9.20. The van der Waals surface area contributed by atoms with Crippen molar-refractivity contribution in [1.82, 2.24) is 5.32 Å². The van der Waals surface area contributed by atoms with Crippen molar-refractivity contribution in [3.8, 4) is 0 Å². The van der Waals surface area contributed by atoms with Gasteiger partial charge in [-0.05, 0) is 17.8 Å². The SMILES string of the molecule is C=C(NCCC(C)(C)C)C(C)C. The third-order valence-electron chi connectivity index (χ3n) is 1.92. The summed E-state index contributed by atoms with van der Waals surface area (Å²) >= 11 is 0. The van der Waals surface area contributed by atoms with Gasteiger partial charge in [-0.15, -0.1) is 0 Å². The maximum Gasteiger partial charge on any atom is 0.0148 e. The topological polar surface area (TPSA) is 12.0 Å². The number of allylic oxidation sites excluding steroid dienone is 1. The van der Waals surface area contributed by atoms with Crippen LogP contribution in [0.25, 0.3) is 0 Å². The molecule has 1 heteroatoms. The van der Waals surface area contributed by atoms with Gasteiger partial charge in [0.15, 0.2) is 0 Å². The van der Waals surface area contributed by atoms with E-state index in [1.165, 1.54) is 6.42 Å². The first-order chi connectivity index (χ1) is 5.33. The van der Waals surface area contributed by atoms with Gasteiger partial charge >= 0.3 is 0 Å². The summed E-state index contributed by atoms with van der Waals surface area (Å²) in [6.45, 7) is 16.1. The highest BCUT2D eigenvalue weighted by Crippen LogP contribution is 2.17. The van der Waals surface area contributed by atoms with Crippen LogP contribution in [0.4, 0.5) is 0 Å². The molecule has 0 aromatic carbocycles. The molecular weight excluding hydrogens is 146 g/mol. The van der Waals surface area contributed by atoms with Crippen molar-refractivity contribution in [1.29, 1.82) is 0 Å². The third kappa shape index (κ3) is 6.26. The van der Waals surface area contributed by atoms with Crippen LogP contribution in [-0.4, -0.2) is 6.54 Å². The molecule has 0 rings (SSSR count). The van der Waals surface area contributed by atoms with Crippen molar-refractivity contribution in [2.24, 2.45) is 11.3 Å². The molecule has 0 saturated carbocycles. The van der Waals surface area contributed by atoms with E-state index in [1.54, 1.807) is 0 Å². The molecule has 0 heterocycles. The van der Waals surface area contributed by atoms with Crippen LogP contribution in [0.3, 0.4) is 0 Å². The Bertz CT molecular complexity index is 140. The van der Waals surface area contributed by atoms with Gasteiger partial charge in [0.05, 0.1) is 0 Å². The quantitative estimate of drug-likeness (QED) is 0.681. The lowest BCUT2D eigenvalue weighted by Crippen LogP contribution is -2.21. The van der Waals surface area contributed by atoms with Crippen molar-refractivity contribution < 1.29 is 0 Å². The molecule has 0 aromatic heterocycles. The predicted octanol–water partition coefficient (Wildman–Crippen LogP) is 3.18. The minimum Gasteiger partial charge on any atom is -0.389 e. The molecule has 0 radical (unpaired) electrons. The van der Waals surface area contributed by atoms with Gasteiger partial charge in [0.25, 0.3) is 0 Å². The van der Waals surface area contributed by atoms with Crippen molar-refractivity contribution in [3.63, 3.8) is 0 Å². The summed E-state index contributed by atoms with van der Waals surface area (Å²) < 4.78 is 0. The summed E-state index contributed by atoms with van der Waals surface area (Å²) in [5, 5.41) is 3.34. The molecule has 0 atom stereocenters. The molecule has 0 aromatic rings. The zero-order chi connectivity index (χ0) is 9.78. The Labute approximate surface area is 77.2 Å². The van der Waals surface area contributed by atoms with Gasteiger partial charge < -0.3 is 5.32 Å². The maximum absolute atomic E-state index is 3.96. The second-order valence-corrected chi connectivity index (χ2v) is 4.92. The molecule has 0 aliphatic heterocycles. The van der Waals surface area contributed by atoms with Crippen molar-refractivity contribution >= 4 is 0 Å². The Morgan fingerprint density at radius 3 is 2.17 bits per heavy atom. The largest absolute Gasteiger partial charge is 0.389 e. The first-order valence-corrected chi connectivity index (χ1v) is 4.75. The van der Waals surface area contributed by atoms with Crippen LogP contribution >= 0.6 is 0 Å². The lowest BCUT2D eigenvalue weighted by atomic mass is 9.92. The molecule has 0 aliphatic carbocycles. The van der Waals surface area contributed by atoms with Crippen LogP contribution in [0.1, 0.15) is 41.0 Å². The Hall–Kier alpha value is -0.460. The molecular formula is C11H23N. The van der Waals surface area contributed by atoms with E-state index < -0.39 is 0 Å². The van der Waals surface area contributed by atoms with Gasteiger partial charge in [0, 0.05) is 12.2 Å². The Morgan fingerprint density at radius 2 is 1.83 bits per heavy atom. The summed E-state index contributed by atoms with van der Waals surface area (Å²) in [5.74, 6) is 0.546. The molecule has 0 aliphatic rings. The van der Waals surface area contributed by atoms with E-state index in [-0.39, 0.29) is 0 Å². The zero-order valence-corrected chi connectivity index (χ0v) is 9.20. The minimum absolute atomic E-state index is 0.421. The van der Waals surface area contributed by atoms with Crippen LogP contribution < -0.4 is 5.32 Å². The minimum atomic E-state index is 0.421. The van der Waals surface area contributed by atoms with Crippen molar-refractivity contribution in [3.05, 3.63) is 12.3 Å². The molecule has 0 bridgehead atoms. The van der Waals surface area contributed by atoms with Crippen LogP contribution in [0, 0.1) is 11.3 Å². The molecule has 0 saturated heterocycles. The van der Waals surface area contributed by atoms with Gasteiger partial charge in [0.2, 0.25) is 0 Å². The number of rotatable bonds is 4. The van der Waals surface area contributed by atoms with Crippen LogP contribution in [0.15, 0.2) is 12.3 Å². The van der Waals surface area contributed by atoms with Gasteiger partial charge in [-0.2, -0.15) is 0 Å². The molecule has 1 nitrogen and oxygen atoms in total. The molecule has 0 spiro atoms. The average molecular weight is 169 g/mol. The van der Waals surface area contributed by atoms with Gasteiger partial charge in [-0.1, -0.05) is 41.2 Å². The highest BCUT2D eigenvalue weighted by Gasteiger charge is 2.09. The lowest BCUT2D eigenvalue weighted by Gasteiger charge is -2.20. The van der Waals surface area contributed by atoms with E-state index in [9.17, 15) is 0 Å². The summed E-state index contributed by atoms with van der Waals surface area (Å²) in [5.41, 5.74) is 1.57. The van der Waals surface area contributed by atoms with Crippen LogP contribution in [0.2, 0.25) is 0 Å². The fourth-order valence-corrected chi connectivity index (χ4v) is 0.802. The second kappa shape index (κ2) is 4.54. The van der Waals surface area contributed by atoms with E-state index in [2.05, 4.69) is 46.5 Å². The Morgan fingerprint density at radius 1 is 1.33 bits per heavy atom. The first kappa shape index (κ1) is 11.5. The van der Waals surface area contributed by atoms with E-state index in [0.29, 0.717) is 11.3 Å². The Balaban J connectivity index is 3.51. The van der Waals surface area contributed by atoms with Gasteiger partial charge in [-0.3, -0.25) is 0 Å². The highest BCUT2D eigenvalue weighted by atomic mass is 14.9. The molecule has 72 valence electrons. The summed E-state index contributed by atoms with van der Waals surface area (Å²) in [7, 11) is 0. The fraction of sp³-hybridized carbons (Fsp3) is 0.818. The third-order valence-corrected chi connectivity index (χ3v) is 1.92. The smallest absolute Gasteiger partial charge is 0.0148 e. The normalized spacial score (nSPS) is 11.8. The molecule has 0 amide bonds. The lowest BCUT2D eigenvalue weighted by molar-refractivity contribution is 0.371. The second-order valence-electron chi connectivity index (χ2n) is 4.92. The number of hydrogen-bond donors (Lipinski definition) is 1. The summed E-state index contributed by atoms with van der Waals surface area (Å²) in [4.78, 5) is 0. The highest BCUT2D eigenvalue weighted by molar-refractivity contribution is 4.94. The van der Waals surface area contributed by atoms with Crippen LogP contribution in [0.5, 0.6) is 0 Å². The molecule has 0 fully saturated rings.